The van der Waals surface area contributed by atoms with E-state index in [-0.39, 0.29) is 17.4 Å². The molecule has 2 fully saturated rings. The highest BCUT2D eigenvalue weighted by Crippen LogP contribution is 2.30. The van der Waals surface area contributed by atoms with Crippen molar-refractivity contribution in [2.75, 3.05) is 19.6 Å². The molecule has 1 saturated heterocycles. The quantitative estimate of drug-likeness (QED) is 0.618. The topological polar surface area (TPSA) is 104 Å². The van der Waals surface area contributed by atoms with Crippen molar-refractivity contribution in [3.8, 4) is 0 Å². The summed E-state index contributed by atoms with van der Waals surface area (Å²) in [5, 5.41) is 20.1. The minimum absolute atomic E-state index is 0.0489. The molecule has 8 heteroatoms. The lowest BCUT2D eigenvalue weighted by atomic mass is 10.2. The zero-order valence-electron chi connectivity index (χ0n) is 12.0. The van der Waals surface area contributed by atoms with Gasteiger partial charge in [0.1, 0.15) is 5.69 Å². The molecule has 1 aromatic heterocycles. The number of carbonyl (C=O) groups is 1. The summed E-state index contributed by atoms with van der Waals surface area (Å²) in [4.78, 5) is 24.9. The van der Waals surface area contributed by atoms with Gasteiger partial charge in [-0.2, -0.15) is 5.10 Å². The van der Waals surface area contributed by atoms with E-state index in [1.165, 1.54) is 19.8 Å². The number of nitro groups is 1. The molecule has 1 unspecified atom stereocenters. The molecule has 8 nitrogen and oxygen atoms in total. The van der Waals surface area contributed by atoms with Gasteiger partial charge in [0.05, 0.1) is 4.92 Å². The highest BCUT2D eigenvalue weighted by Gasteiger charge is 2.32. The van der Waals surface area contributed by atoms with Crippen LogP contribution in [-0.2, 0) is 0 Å². The lowest BCUT2D eigenvalue weighted by Gasteiger charge is -2.15. The van der Waals surface area contributed by atoms with Crippen LogP contribution in [0.5, 0.6) is 0 Å². The molecular weight excluding hydrogens is 274 g/mol. The van der Waals surface area contributed by atoms with Crippen LogP contribution in [0, 0.1) is 23.0 Å². The highest BCUT2D eigenvalue weighted by atomic mass is 16.6. The molecule has 0 spiro atoms. The number of aromatic nitrogens is 2. The fourth-order valence-electron chi connectivity index (χ4n) is 2.84. The van der Waals surface area contributed by atoms with Crippen molar-refractivity contribution in [3.05, 3.63) is 21.5 Å². The molecule has 2 N–H and O–H groups in total. The molecule has 3 rings (SSSR count). The molecule has 21 heavy (non-hydrogen) atoms. The summed E-state index contributed by atoms with van der Waals surface area (Å²) >= 11 is 0. The third-order valence-corrected chi connectivity index (χ3v) is 4.13. The van der Waals surface area contributed by atoms with Crippen molar-refractivity contribution in [2.24, 2.45) is 5.92 Å². The number of rotatable bonds is 5. The predicted octanol–water partition coefficient (Wildman–Crippen LogP) is 0.840. The zero-order chi connectivity index (χ0) is 15.0. The number of amides is 1. The maximum Gasteiger partial charge on any atom is 0.322 e. The molecule has 0 aromatic carbocycles. The number of nitrogens with zero attached hydrogens (tertiary/aromatic N) is 3. The second-order valence-corrected chi connectivity index (χ2v) is 5.96. The van der Waals surface area contributed by atoms with Crippen molar-refractivity contribution >= 4 is 11.6 Å². The Labute approximate surface area is 122 Å². The summed E-state index contributed by atoms with van der Waals surface area (Å²) < 4.78 is 0. The van der Waals surface area contributed by atoms with E-state index in [1.54, 1.807) is 0 Å². The van der Waals surface area contributed by atoms with Crippen LogP contribution in [0.3, 0.4) is 0 Å². The van der Waals surface area contributed by atoms with E-state index in [1.807, 2.05) is 0 Å². The van der Waals surface area contributed by atoms with Gasteiger partial charge in [0.2, 0.25) is 5.69 Å². The smallest absolute Gasteiger partial charge is 0.322 e. The lowest BCUT2D eigenvalue weighted by molar-refractivity contribution is -0.385. The number of hydrogen-bond acceptors (Lipinski definition) is 5. The summed E-state index contributed by atoms with van der Waals surface area (Å²) in [6.45, 7) is 4.44. The lowest BCUT2D eigenvalue weighted by Crippen LogP contribution is -2.37. The van der Waals surface area contributed by atoms with E-state index in [9.17, 15) is 14.9 Å². The number of hydrogen-bond donors (Lipinski definition) is 2. The third-order valence-electron chi connectivity index (χ3n) is 4.13. The van der Waals surface area contributed by atoms with Gasteiger partial charge in [-0.25, -0.2) is 0 Å². The van der Waals surface area contributed by atoms with Gasteiger partial charge in [-0.3, -0.25) is 20.0 Å². The van der Waals surface area contributed by atoms with Crippen LogP contribution >= 0.6 is 0 Å². The van der Waals surface area contributed by atoms with Crippen molar-refractivity contribution < 1.29 is 9.72 Å². The summed E-state index contributed by atoms with van der Waals surface area (Å²) in [6, 6.07) is 0.0489. The van der Waals surface area contributed by atoms with Crippen LogP contribution in [0.4, 0.5) is 5.69 Å². The van der Waals surface area contributed by atoms with Gasteiger partial charge in [0, 0.05) is 25.7 Å². The van der Waals surface area contributed by atoms with Gasteiger partial charge >= 0.3 is 5.69 Å². The standard InChI is InChI=1S/C13H19N5O3/c1-8-12(18(20)21)11(16-15-8)13(19)14-10-4-5-17(7-10)6-9-2-3-9/h9-10H,2-7H2,1H3,(H,14,19)(H,15,16). The van der Waals surface area contributed by atoms with Gasteiger partial charge in [0.15, 0.2) is 0 Å². The Hall–Kier alpha value is -1.96. The molecule has 1 aromatic rings. The summed E-state index contributed by atoms with van der Waals surface area (Å²) in [6.07, 6.45) is 3.51. The number of aromatic amines is 1. The number of H-pyrrole nitrogens is 1. The molecule has 2 aliphatic rings. The molecule has 1 saturated carbocycles. The van der Waals surface area contributed by atoms with Gasteiger partial charge < -0.3 is 10.2 Å². The Bertz CT molecular complexity index is 566. The molecule has 1 aliphatic heterocycles. The summed E-state index contributed by atoms with van der Waals surface area (Å²) in [5.74, 6) is 0.360. The third kappa shape index (κ3) is 3.05. The average molecular weight is 293 g/mol. The molecule has 0 bridgehead atoms. The Morgan fingerprint density at radius 1 is 1.52 bits per heavy atom. The van der Waals surface area contributed by atoms with Crippen LogP contribution in [0.2, 0.25) is 0 Å². The van der Waals surface area contributed by atoms with E-state index >= 15 is 0 Å². The first-order valence-corrected chi connectivity index (χ1v) is 7.27. The maximum atomic E-state index is 12.2. The van der Waals surface area contributed by atoms with E-state index in [0.29, 0.717) is 5.69 Å². The first-order chi connectivity index (χ1) is 10.0. The van der Waals surface area contributed by atoms with E-state index in [4.69, 9.17) is 0 Å². The monoisotopic (exact) mass is 293 g/mol. The van der Waals surface area contributed by atoms with Gasteiger partial charge in [0.25, 0.3) is 5.91 Å². The van der Waals surface area contributed by atoms with Crippen LogP contribution < -0.4 is 5.32 Å². The number of carbonyl (C=O) groups excluding carboxylic acids is 1. The fraction of sp³-hybridized carbons (Fsp3) is 0.692. The Balaban J connectivity index is 1.60. The SMILES string of the molecule is Cc1[nH]nc(C(=O)NC2CCN(CC3CC3)C2)c1[N+](=O)[O-]. The molecule has 0 radical (unpaired) electrons. The van der Waals surface area contributed by atoms with Crippen LogP contribution in [0.25, 0.3) is 0 Å². The Morgan fingerprint density at radius 2 is 2.29 bits per heavy atom. The van der Waals surface area contributed by atoms with Crippen molar-refractivity contribution in [2.45, 2.75) is 32.2 Å². The minimum atomic E-state index is -0.568. The van der Waals surface area contributed by atoms with Crippen molar-refractivity contribution in [1.82, 2.24) is 20.4 Å². The largest absolute Gasteiger partial charge is 0.346 e. The van der Waals surface area contributed by atoms with E-state index < -0.39 is 10.8 Å². The van der Waals surface area contributed by atoms with Crippen molar-refractivity contribution in [1.29, 1.82) is 0 Å². The highest BCUT2D eigenvalue weighted by molar-refractivity contribution is 5.96. The Kier molecular flexibility index (Phi) is 3.62. The summed E-state index contributed by atoms with van der Waals surface area (Å²) in [7, 11) is 0. The second-order valence-electron chi connectivity index (χ2n) is 5.96. The first kappa shape index (κ1) is 14.0. The number of aryl methyl sites for hydroxylation is 1. The summed E-state index contributed by atoms with van der Waals surface area (Å²) in [5.41, 5.74) is -0.0644. The van der Waals surface area contributed by atoms with Gasteiger partial charge in [-0.05, 0) is 32.1 Å². The Morgan fingerprint density at radius 3 is 2.95 bits per heavy atom. The predicted molar refractivity (Wildman–Crippen MR) is 75.0 cm³/mol. The molecular formula is C13H19N5O3. The van der Waals surface area contributed by atoms with Gasteiger partial charge in [-0.15, -0.1) is 0 Å². The average Bonchev–Trinajstić information content (AvgIpc) is 2.97. The first-order valence-electron chi connectivity index (χ1n) is 7.27. The van der Waals surface area contributed by atoms with Crippen LogP contribution in [0.1, 0.15) is 35.4 Å². The van der Waals surface area contributed by atoms with Gasteiger partial charge in [-0.1, -0.05) is 0 Å². The number of nitrogens with one attached hydrogen (secondary N) is 2. The van der Waals surface area contributed by atoms with Crippen molar-refractivity contribution in [3.63, 3.8) is 0 Å². The van der Waals surface area contributed by atoms with E-state index in [2.05, 4.69) is 20.4 Å². The molecule has 1 atom stereocenters. The molecule has 1 amide bonds. The maximum absolute atomic E-state index is 12.2. The fourth-order valence-corrected chi connectivity index (χ4v) is 2.84. The minimum Gasteiger partial charge on any atom is -0.346 e. The second kappa shape index (κ2) is 5.44. The molecule has 1 aliphatic carbocycles. The zero-order valence-corrected chi connectivity index (χ0v) is 12.0. The number of likely N-dealkylation sites (tertiary alicyclic amines) is 1. The van der Waals surface area contributed by atoms with Crippen LogP contribution in [0.15, 0.2) is 0 Å². The molecule has 2 heterocycles. The van der Waals surface area contributed by atoms with E-state index in [0.717, 1.165) is 32.0 Å². The molecule has 114 valence electrons. The van der Waals surface area contributed by atoms with Crippen LogP contribution in [-0.4, -0.2) is 51.6 Å². The normalized spacial score (nSPS) is 22.4.